The number of carbonyl (C=O) groups is 2. The van der Waals surface area contributed by atoms with Crippen LogP contribution < -0.4 is 5.43 Å². The molecule has 0 bridgehead atoms. The van der Waals surface area contributed by atoms with Gasteiger partial charge in [-0.3, -0.25) is 4.79 Å². The minimum Gasteiger partial charge on any atom is -0.593 e. The summed E-state index contributed by atoms with van der Waals surface area (Å²) >= 11 is 3.32. The third-order valence-electron chi connectivity index (χ3n) is 2.42. The number of carbonyl (C=O) groups excluding carboxylic acids is 2. The van der Waals surface area contributed by atoms with E-state index in [0.29, 0.717) is 16.9 Å². The van der Waals surface area contributed by atoms with Gasteiger partial charge in [0.15, 0.2) is 0 Å². The molecule has 5 N–H and O–H groups in total. The van der Waals surface area contributed by atoms with Crippen LogP contribution in [0, 0.1) is 0 Å². The Kier molecular flexibility index (Phi) is 10.5. The molecule has 0 heterocycles. The fraction of sp³-hybridized carbons (Fsp3) is 0.0625. The van der Waals surface area contributed by atoms with Crippen LogP contribution in [0.2, 0.25) is 0 Å². The molecule has 1 amide bonds. The Balaban J connectivity index is 0.000000954. The Hall–Kier alpha value is -2.05. The molecule has 0 aromatic heterocycles. The van der Waals surface area contributed by atoms with Crippen molar-refractivity contribution in [3.05, 3.63) is 64.1 Å². The Morgan fingerprint density at radius 3 is 2.33 bits per heavy atom. The van der Waals surface area contributed by atoms with Crippen LogP contribution in [-0.2, 0) is 24.3 Å². The number of hydrazone groups is 1. The van der Waals surface area contributed by atoms with E-state index in [1.807, 2.05) is 6.07 Å². The first-order valence-electron chi connectivity index (χ1n) is 6.52. The van der Waals surface area contributed by atoms with E-state index >= 15 is 0 Å². The van der Waals surface area contributed by atoms with Crippen molar-refractivity contribution in [1.82, 2.24) is 5.43 Å². The van der Waals surface area contributed by atoms with Crippen LogP contribution in [0.5, 0.6) is 5.75 Å². The summed E-state index contributed by atoms with van der Waals surface area (Å²) in [6.45, 7) is 1.19. The summed E-state index contributed by atoms with van der Waals surface area (Å²) in [6, 6.07) is 14.0. The number of benzene rings is 2. The zero-order valence-electron chi connectivity index (χ0n) is 13.0. The molecular weight excluding hydrogens is 429 g/mol. The summed E-state index contributed by atoms with van der Waals surface area (Å²) in [5, 5.41) is 17.5. The number of hydrogen-bond donors (Lipinski definition) is 1. The van der Waals surface area contributed by atoms with Crippen molar-refractivity contribution in [2.45, 2.75) is 6.92 Å². The first-order valence-corrected chi connectivity index (χ1v) is 7.31. The van der Waals surface area contributed by atoms with E-state index in [4.69, 9.17) is 15.0 Å². The molecule has 8 heteroatoms. The molecule has 0 saturated carbocycles. The van der Waals surface area contributed by atoms with Gasteiger partial charge in [0.05, 0.1) is 18.7 Å². The third-order valence-corrected chi connectivity index (χ3v) is 2.91. The maximum Gasteiger partial charge on any atom is 2.00 e. The van der Waals surface area contributed by atoms with Crippen molar-refractivity contribution in [2.75, 3.05) is 0 Å². The maximum atomic E-state index is 11.7. The van der Waals surface area contributed by atoms with E-state index in [1.54, 1.807) is 42.5 Å². The van der Waals surface area contributed by atoms with Gasteiger partial charge in [-0.15, -0.1) is 0 Å². The van der Waals surface area contributed by atoms with Gasteiger partial charge in [0.1, 0.15) is 0 Å². The monoisotopic (exact) mass is 444 g/mol. The molecule has 120 valence electrons. The van der Waals surface area contributed by atoms with Gasteiger partial charge in [-0.25, -0.2) is 5.43 Å². The standard InChI is InChI=1S/C14H11BrN2O2.C2H4O2.Zn/c15-12-6-7-13(18)11(8-12)9-16-17-14(19)10-4-2-1-3-5-10;1-2(3)4;/h1-9,18H,(H,17,19);1H3,(H,3,4);/q;;+2/p+2. The summed E-state index contributed by atoms with van der Waals surface area (Å²) in [5.74, 6) is -0.515. The molecule has 2 rings (SSSR count). The van der Waals surface area contributed by atoms with Crippen molar-refractivity contribution >= 4 is 34.0 Å². The molecule has 0 spiro atoms. The maximum absolute atomic E-state index is 11.7. The van der Waals surface area contributed by atoms with Gasteiger partial charge in [0, 0.05) is 20.9 Å². The van der Waals surface area contributed by atoms with Crippen molar-refractivity contribution in [3.8, 4) is 5.75 Å². The van der Waals surface area contributed by atoms with Gasteiger partial charge < -0.3 is 10.2 Å². The molecule has 0 aliphatic heterocycles. The summed E-state index contributed by atoms with van der Waals surface area (Å²) in [7, 11) is 0. The van der Waals surface area contributed by atoms with Gasteiger partial charge in [0.2, 0.25) is 0 Å². The van der Waals surface area contributed by atoms with Gasteiger partial charge >= 0.3 is 25.4 Å². The minimum absolute atomic E-state index is 0. The van der Waals surface area contributed by atoms with Gasteiger partial charge in [-0.1, -0.05) is 34.1 Å². The zero-order chi connectivity index (χ0) is 17.2. The number of halogens is 1. The summed E-state index contributed by atoms with van der Waals surface area (Å²) < 4.78 is 0.860. The predicted molar refractivity (Wildman–Crippen MR) is 93.0 cm³/mol. The van der Waals surface area contributed by atoms with Crippen LogP contribution in [0.4, 0.5) is 0 Å². The SMILES string of the molecule is CC(=O)[OH2+].O=C(NN=Cc1cc(Br)ccc1[OH2+])c1ccccc1.[Zn+2]. The van der Waals surface area contributed by atoms with Gasteiger partial charge in [-0.2, -0.15) is 5.10 Å². The minimum atomic E-state index is -0.583. The van der Waals surface area contributed by atoms with E-state index < -0.39 is 5.97 Å². The van der Waals surface area contributed by atoms with E-state index in [2.05, 4.69) is 26.5 Å². The third kappa shape index (κ3) is 8.55. The van der Waals surface area contributed by atoms with E-state index in [1.165, 1.54) is 13.1 Å². The Morgan fingerprint density at radius 1 is 1.17 bits per heavy atom. The first kappa shape index (κ1) is 22.0. The van der Waals surface area contributed by atoms with Crippen LogP contribution in [0.1, 0.15) is 22.8 Å². The van der Waals surface area contributed by atoms with E-state index in [-0.39, 0.29) is 25.4 Å². The van der Waals surface area contributed by atoms with Crippen LogP contribution in [0.3, 0.4) is 0 Å². The second-order valence-electron chi connectivity index (χ2n) is 4.35. The van der Waals surface area contributed by atoms with Crippen LogP contribution in [-0.4, -0.2) is 28.3 Å². The number of rotatable bonds is 3. The molecule has 6 nitrogen and oxygen atoms in total. The first-order chi connectivity index (χ1) is 10.9. The molecule has 24 heavy (non-hydrogen) atoms. The molecule has 0 aliphatic rings. The molecule has 2 aromatic carbocycles. The summed E-state index contributed by atoms with van der Waals surface area (Å²) in [4.78, 5) is 20.8. The number of hydrogen-bond acceptors (Lipinski definition) is 3. The van der Waals surface area contributed by atoms with Gasteiger partial charge in [0.25, 0.3) is 11.7 Å². The largest absolute Gasteiger partial charge is 2.00 e. The molecule has 0 unspecified atom stereocenters. The van der Waals surface area contributed by atoms with Crippen LogP contribution in [0.25, 0.3) is 0 Å². The quantitative estimate of drug-likeness (QED) is 0.337. The number of amides is 1. The smallest absolute Gasteiger partial charge is 0.593 e. The Bertz CT molecular complexity index is 704. The van der Waals surface area contributed by atoms with Crippen molar-refractivity contribution in [2.24, 2.45) is 5.10 Å². The van der Waals surface area contributed by atoms with Crippen molar-refractivity contribution in [3.63, 3.8) is 0 Å². The molecule has 0 atom stereocenters. The number of nitrogens with one attached hydrogen (secondary N) is 1. The average molecular weight is 447 g/mol. The molecule has 2 aromatic rings. The zero-order valence-corrected chi connectivity index (χ0v) is 17.6. The summed E-state index contributed by atoms with van der Waals surface area (Å²) in [5.41, 5.74) is 3.60. The normalized spacial score (nSPS) is 9.42. The van der Waals surface area contributed by atoms with E-state index in [9.17, 15) is 4.79 Å². The molecule has 0 aliphatic carbocycles. The molecule has 0 saturated heterocycles. The fourth-order valence-corrected chi connectivity index (χ4v) is 1.83. The van der Waals surface area contributed by atoms with Crippen LogP contribution >= 0.6 is 15.9 Å². The molecule has 0 radical (unpaired) electrons. The average Bonchev–Trinajstić information content (AvgIpc) is 2.51. The topological polar surface area (TPSA) is 104 Å². The van der Waals surface area contributed by atoms with E-state index in [0.717, 1.165) is 4.47 Å². The Labute approximate surface area is 160 Å². The Morgan fingerprint density at radius 2 is 1.75 bits per heavy atom. The van der Waals surface area contributed by atoms with Crippen molar-refractivity contribution in [1.29, 1.82) is 0 Å². The fourth-order valence-electron chi connectivity index (χ4n) is 1.45. The number of nitrogens with zero attached hydrogens (tertiary/aromatic N) is 1. The summed E-state index contributed by atoms with van der Waals surface area (Å²) in [6.07, 6.45) is 1.45. The van der Waals surface area contributed by atoms with Gasteiger partial charge in [-0.05, 0) is 24.3 Å². The molecular formula is C16H17BrN2O4Zn+4. The van der Waals surface area contributed by atoms with Crippen LogP contribution in [0.15, 0.2) is 58.1 Å². The second-order valence-corrected chi connectivity index (χ2v) is 5.27. The van der Waals surface area contributed by atoms with Crippen molar-refractivity contribution < 1.29 is 39.3 Å². The molecule has 0 fully saturated rings. The predicted octanol–water partition coefficient (Wildman–Crippen LogP) is 1.91. The second kappa shape index (κ2) is 11.5.